The summed E-state index contributed by atoms with van der Waals surface area (Å²) >= 11 is 0. The minimum absolute atomic E-state index is 0.00230. The first-order chi connectivity index (χ1) is 15.5. The highest BCUT2D eigenvalue weighted by Gasteiger charge is 2.46. The van der Waals surface area contributed by atoms with E-state index < -0.39 is 17.7 Å². The van der Waals surface area contributed by atoms with Gasteiger partial charge in [0, 0.05) is 19.2 Å². The Morgan fingerprint density at radius 3 is 2.28 bits per heavy atom. The van der Waals surface area contributed by atoms with Crippen molar-refractivity contribution >= 4 is 17.4 Å². The van der Waals surface area contributed by atoms with Gasteiger partial charge in [-0.1, -0.05) is 6.07 Å². The highest BCUT2D eigenvalue weighted by molar-refractivity contribution is 6.46. The number of aliphatic hydroxyl groups is 1. The first-order valence-corrected chi connectivity index (χ1v) is 10.2. The van der Waals surface area contributed by atoms with Gasteiger partial charge in [-0.15, -0.1) is 0 Å². The van der Waals surface area contributed by atoms with Gasteiger partial charge in [0.1, 0.15) is 11.5 Å². The fourth-order valence-corrected chi connectivity index (χ4v) is 3.70. The predicted molar refractivity (Wildman–Crippen MR) is 118 cm³/mol. The van der Waals surface area contributed by atoms with Crippen molar-refractivity contribution in [2.45, 2.75) is 13.0 Å². The van der Waals surface area contributed by atoms with Crippen LogP contribution in [0.5, 0.6) is 17.2 Å². The summed E-state index contributed by atoms with van der Waals surface area (Å²) in [4.78, 5) is 27.2. The van der Waals surface area contributed by atoms with E-state index in [0.717, 1.165) is 0 Å². The number of ether oxygens (including phenoxy) is 4. The standard InChI is InChI=1S/C24H27NO7/c1-5-32-17-9-6-15(7-10-17)22(26)20-21(25(12-13-29-2)24(28)23(20)27)16-8-11-18(30-3)19(14-16)31-4/h6-11,14,21,26H,5,12-13H2,1-4H3/t21-/m1/s1. The number of hydrogen-bond donors (Lipinski definition) is 1. The predicted octanol–water partition coefficient (Wildman–Crippen LogP) is 3.17. The van der Waals surface area contributed by atoms with Gasteiger partial charge in [0.15, 0.2) is 11.5 Å². The lowest BCUT2D eigenvalue weighted by Gasteiger charge is -2.25. The lowest BCUT2D eigenvalue weighted by molar-refractivity contribution is -0.140. The molecule has 0 spiro atoms. The van der Waals surface area contributed by atoms with Crippen LogP contribution in [0.1, 0.15) is 24.1 Å². The highest BCUT2D eigenvalue weighted by atomic mass is 16.5. The van der Waals surface area contributed by atoms with Gasteiger partial charge < -0.3 is 29.0 Å². The molecule has 1 heterocycles. The summed E-state index contributed by atoms with van der Waals surface area (Å²) in [7, 11) is 4.54. The lowest BCUT2D eigenvalue weighted by atomic mass is 9.95. The Morgan fingerprint density at radius 2 is 1.69 bits per heavy atom. The smallest absolute Gasteiger partial charge is 0.295 e. The van der Waals surface area contributed by atoms with Crippen molar-refractivity contribution in [2.75, 3.05) is 41.1 Å². The monoisotopic (exact) mass is 441 g/mol. The number of benzene rings is 2. The molecule has 2 aromatic rings. The maximum Gasteiger partial charge on any atom is 0.295 e. The molecule has 1 atom stereocenters. The van der Waals surface area contributed by atoms with Gasteiger partial charge >= 0.3 is 0 Å². The topological polar surface area (TPSA) is 94.5 Å². The maximum atomic E-state index is 13.0. The zero-order chi connectivity index (χ0) is 23.3. The molecule has 0 radical (unpaired) electrons. The second kappa shape index (κ2) is 10.2. The van der Waals surface area contributed by atoms with Gasteiger partial charge in [-0.3, -0.25) is 9.59 Å². The van der Waals surface area contributed by atoms with Gasteiger partial charge in [-0.05, 0) is 48.9 Å². The van der Waals surface area contributed by atoms with Crippen LogP contribution in [0.15, 0.2) is 48.0 Å². The number of hydrogen-bond acceptors (Lipinski definition) is 7. The van der Waals surface area contributed by atoms with E-state index in [9.17, 15) is 14.7 Å². The zero-order valence-electron chi connectivity index (χ0n) is 18.6. The van der Waals surface area contributed by atoms with Gasteiger partial charge in [0.2, 0.25) is 0 Å². The van der Waals surface area contributed by atoms with Gasteiger partial charge in [-0.2, -0.15) is 0 Å². The van der Waals surface area contributed by atoms with Crippen LogP contribution in [0.2, 0.25) is 0 Å². The minimum atomic E-state index is -0.809. The molecule has 0 bridgehead atoms. The number of nitrogens with zero attached hydrogens (tertiary/aromatic N) is 1. The fourth-order valence-electron chi connectivity index (χ4n) is 3.70. The summed E-state index contributed by atoms with van der Waals surface area (Å²) < 4.78 is 21.3. The molecule has 1 aliphatic heterocycles. The Kier molecular flexibility index (Phi) is 7.37. The highest BCUT2D eigenvalue weighted by Crippen LogP contribution is 2.41. The summed E-state index contributed by atoms with van der Waals surface area (Å²) in [5, 5.41) is 11.1. The van der Waals surface area contributed by atoms with Crippen molar-refractivity contribution in [3.63, 3.8) is 0 Å². The van der Waals surface area contributed by atoms with Crippen molar-refractivity contribution < 1.29 is 33.6 Å². The average molecular weight is 441 g/mol. The van der Waals surface area contributed by atoms with Crippen LogP contribution in [-0.4, -0.2) is 62.8 Å². The number of rotatable bonds is 9. The van der Waals surface area contributed by atoms with E-state index in [1.54, 1.807) is 42.5 Å². The normalized spacial score (nSPS) is 17.5. The molecule has 170 valence electrons. The summed E-state index contributed by atoms with van der Waals surface area (Å²) in [6.45, 7) is 2.80. The number of carbonyl (C=O) groups is 2. The van der Waals surface area contributed by atoms with Crippen LogP contribution in [0.25, 0.3) is 5.76 Å². The van der Waals surface area contributed by atoms with Crippen molar-refractivity contribution in [1.29, 1.82) is 0 Å². The molecule has 8 nitrogen and oxygen atoms in total. The van der Waals surface area contributed by atoms with Gasteiger partial charge in [0.25, 0.3) is 11.7 Å². The van der Waals surface area contributed by atoms with Crippen LogP contribution >= 0.6 is 0 Å². The third-order valence-electron chi connectivity index (χ3n) is 5.24. The molecule has 1 amide bonds. The van der Waals surface area contributed by atoms with E-state index >= 15 is 0 Å². The molecular formula is C24H27NO7. The summed E-state index contributed by atoms with van der Waals surface area (Å²) in [6, 6.07) is 11.0. The summed E-state index contributed by atoms with van der Waals surface area (Å²) in [6.07, 6.45) is 0. The molecule has 3 rings (SSSR count). The van der Waals surface area contributed by atoms with Gasteiger partial charge in [0.05, 0.1) is 39.0 Å². The Hall–Kier alpha value is -3.52. The first kappa shape index (κ1) is 23.1. The SMILES string of the molecule is CCOc1ccc(C(O)=C2C(=O)C(=O)N(CCOC)[C@@H]2c2ccc(OC)c(OC)c2)cc1. The molecule has 32 heavy (non-hydrogen) atoms. The summed E-state index contributed by atoms with van der Waals surface area (Å²) in [5.74, 6) is -0.117. The second-order valence-corrected chi connectivity index (χ2v) is 7.06. The first-order valence-electron chi connectivity index (χ1n) is 10.2. The Labute approximate surface area is 187 Å². The average Bonchev–Trinajstić information content (AvgIpc) is 3.07. The number of aliphatic hydroxyl groups excluding tert-OH is 1. The van der Waals surface area contributed by atoms with E-state index in [4.69, 9.17) is 18.9 Å². The molecule has 0 aromatic heterocycles. The number of Topliss-reactive ketones (excluding diaryl/α,β-unsaturated/α-hetero) is 1. The quantitative estimate of drug-likeness (QED) is 0.363. The molecule has 1 saturated heterocycles. The largest absolute Gasteiger partial charge is 0.507 e. The minimum Gasteiger partial charge on any atom is -0.507 e. The Morgan fingerprint density at radius 1 is 1.00 bits per heavy atom. The third-order valence-corrected chi connectivity index (χ3v) is 5.24. The molecule has 1 aliphatic rings. The van der Waals surface area contributed by atoms with Crippen molar-refractivity contribution in [1.82, 2.24) is 4.90 Å². The van der Waals surface area contributed by atoms with E-state index in [2.05, 4.69) is 0 Å². The number of methoxy groups -OCH3 is 3. The third kappa shape index (κ3) is 4.40. The Bertz CT molecular complexity index is 1010. The second-order valence-electron chi connectivity index (χ2n) is 7.06. The molecule has 2 aromatic carbocycles. The van der Waals surface area contributed by atoms with Crippen molar-refractivity contribution in [3.8, 4) is 17.2 Å². The number of carbonyl (C=O) groups excluding carboxylic acids is 2. The van der Waals surface area contributed by atoms with Crippen LogP contribution in [0.3, 0.4) is 0 Å². The molecule has 0 aliphatic carbocycles. The van der Waals surface area contributed by atoms with Crippen LogP contribution < -0.4 is 14.2 Å². The lowest BCUT2D eigenvalue weighted by Crippen LogP contribution is -2.32. The molecule has 8 heteroatoms. The van der Waals surface area contributed by atoms with E-state index in [0.29, 0.717) is 35.0 Å². The van der Waals surface area contributed by atoms with Crippen LogP contribution in [0, 0.1) is 0 Å². The van der Waals surface area contributed by atoms with Crippen LogP contribution in [0.4, 0.5) is 0 Å². The van der Waals surface area contributed by atoms with E-state index in [1.165, 1.54) is 26.2 Å². The summed E-state index contributed by atoms with van der Waals surface area (Å²) in [5.41, 5.74) is 1.01. The van der Waals surface area contributed by atoms with E-state index in [1.807, 2.05) is 6.92 Å². The zero-order valence-corrected chi connectivity index (χ0v) is 18.6. The fraction of sp³-hybridized carbons (Fsp3) is 0.333. The van der Waals surface area contributed by atoms with E-state index in [-0.39, 0.29) is 24.5 Å². The van der Waals surface area contributed by atoms with Crippen molar-refractivity contribution in [2.24, 2.45) is 0 Å². The molecule has 0 saturated carbocycles. The number of amides is 1. The van der Waals surface area contributed by atoms with Crippen LogP contribution in [-0.2, 0) is 14.3 Å². The molecule has 1 fully saturated rings. The molecule has 0 unspecified atom stereocenters. The van der Waals surface area contributed by atoms with Gasteiger partial charge in [-0.25, -0.2) is 0 Å². The van der Waals surface area contributed by atoms with Crippen molar-refractivity contribution in [3.05, 3.63) is 59.2 Å². The maximum absolute atomic E-state index is 13.0. The number of ketones is 1. The number of likely N-dealkylation sites (tertiary alicyclic amines) is 1. The molecular weight excluding hydrogens is 414 g/mol. The Balaban J connectivity index is 2.14. The molecule has 1 N–H and O–H groups in total.